The van der Waals surface area contributed by atoms with E-state index < -0.39 is 0 Å². The molecule has 0 radical (unpaired) electrons. The predicted octanol–water partition coefficient (Wildman–Crippen LogP) is -0.395. The number of tetrazole rings is 1. The number of hydrogen-bond donors (Lipinski definition) is 1. The van der Waals surface area contributed by atoms with Crippen molar-refractivity contribution in [3.63, 3.8) is 0 Å². The first-order valence-electron chi connectivity index (χ1n) is 3.87. The lowest BCUT2D eigenvalue weighted by atomic mass is 9.89. The highest BCUT2D eigenvalue weighted by atomic mass is 16.5. The topological polar surface area (TPSA) is 78.8 Å². The summed E-state index contributed by atoms with van der Waals surface area (Å²) in [4.78, 5) is 0. The first-order valence-corrected chi connectivity index (χ1v) is 3.87. The zero-order valence-corrected chi connectivity index (χ0v) is 6.84. The summed E-state index contributed by atoms with van der Waals surface area (Å²) in [6.45, 7) is 0. The molecule has 66 valence electrons. The molecule has 1 aromatic rings. The van der Waals surface area contributed by atoms with Gasteiger partial charge in [-0.15, -0.1) is 0 Å². The Hall–Kier alpha value is -1.17. The molecule has 6 nitrogen and oxygen atoms in total. The molecule has 1 aliphatic carbocycles. The molecule has 0 spiro atoms. The minimum atomic E-state index is 0.324. The average Bonchev–Trinajstić information content (AvgIpc) is 2.35. The molecule has 1 saturated carbocycles. The van der Waals surface area contributed by atoms with E-state index in [2.05, 4.69) is 15.5 Å². The summed E-state index contributed by atoms with van der Waals surface area (Å²) in [7, 11) is 1.71. The van der Waals surface area contributed by atoms with E-state index in [1.807, 2.05) is 0 Å². The molecule has 1 aliphatic rings. The van der Waals surface area contributed by atoms with E-state index in [0.717, 1.165) is 12.8 Å². The van der Waals surface area contributed by atoms with Crippen LogP contribution in [0.25, 0.3) is 0 Å². The Kier molecular flexibility index (Phi) is 1.69. The number of methoxy groups -OCH3 is 1. The quantitative estimate of drug-likeness (QED) is 0.652. The summed E-state index contributed by atoms with van der Waals surface area (Å²) in [5, 5.41) is 10.9. The fourth-order valence-electron chi connectivity index (χ4n) is 1.39. The minimum absolute atomic E-state index is 0.324. The molecule has 1 aromatic heterocycles. The molecule has 0 aromatic carbocycles. The molecule has 0 bridgehead atoms. The number of anilines is 1. The molecular formula is C6H11N5O. The summed E-state index contributed by atoms with van der Waals surface area (Å²) in [6, 6.07) is 0.324. The third-order valence-electron chi connectivity index (χ3n) is 2.27. The van der Waals surface area contributed by atoms with Crippen LogP contribution in [0.3, 0.4) is 0 Å². The largest absolute Gasteiger partial charge is 0.381 e. The Labute approximate surface area is 69.7 Å². The normalized spacial score (nSPS) is 28.4. The van der Waals surface area contributed by atoms with Gasteiger partial charge in [-0.05, 0) is 23.3 Å². The minimum Gasteiger partial charge on any atom is -0.381 e. The number of nitrogen functional groups attached to an aromatic ring is 1. The van der Waals surface area contributed by atoms with Crippen LogP contribution in [0.1, 0.15) is 18.9 Å². The molecule has 0 atom stereocenters. The molecule has 1 heterocycles. The molecular weight excluding hydrogens is 158 g/mol. The first kappa shape index (κ1) is 7.48. The molecule has 0 aliphatic heterocycles. The van der Waals surface area contributed by atoms with Crippen molar-refractivity contribution in [2.45, 2.75) is 25.0 Å². The van der Waals surface area contributed by atoms with Crippen molar-refractivity contribution in [3.05, 3.63) is 0 Å². The van der Waals surface area contributed by atoms with Crippen LogP contribution < -0.4 is 5.73 Å². The SMILES string of the molecule is COC1CC(n2nnnc2N)C1. The van der Waals surface area contributed by atoms with Gasteiger partial charge >= 0.3 is 0 Å². The Balaban J connectivity index is 2.01. The Morgan fingerprint density at radius 3 is 2.83 bits per heavy atom. The van der Waals surface area contributed by atoms with Crippen molar-refractivity contribution in [2.75, 3.05) is 12.8 Å². The monoisotopic (exact) mass is 169 g/mol. The fourth-order valence-corrected chi connectivity index (χ4v) is 1.39. The van der Waals surface area contributed by atoms with E-state index in [-0.39, 0.29) is 0 Å². The van der Waals surface area contributed by atoms with Gasteiger partial charge in [0.2, 0.25) is 5.95 Å². The van der Waals surface area contributed by atoms with E-state index in [0.29, 0.717) is 18.1 Å². The molecule has 0 saturated heterocycles. The van der Waals surface area contributed by atoms with Crippen LogP contribution >= 0.6 is 0 Å². The van der Waals surface area contributed by atoms with Crippen molar-refractivity contribution in [3.8, 4) is 0 Å². The van der Waals surface area contributed by atoms with E-state index >= 15 is 0 Å². The third-order valence-corrected chi connectivity index (χ3v) is 2.27. The highest BCUT2D eigenvalue weighted by Gasteiger charge is 2.32. The fraction of sp³-hybridized carbons (Fsp3) is 0.833. The van der Waals surface area contributed by atoms with Crippen LogP contribution in [0, 0.1) is 0 Å². The van der Waals surface area contributed by atoms with Crippen molar-refractivity contribution in [1.82, 2.24) is 20.2 Å². The number of nitrogens with zero attached hydrogens (tertiary/aromatic N) is 4. The highest BCUT2D eigenvalue weighted by molar-refractivity contribution is 5.12. The molecule has 2 rings (SSSR count). The van der Waals surface area contributed by atoms with Gasteiger partial charge in [0.15, 0.2) is 0 Å². The van der Waals surface area contributed by atoms with Crippen molar-refractivity contribution in [1.29, 1.82) is 0 Å². The van der Waals surface area contributed by atoms with Gasteiger partial charge in [0.1, 0.15) is 0 Å². The van der Waals surface area contributed by atoms with Gasteiger partial charge in [0.25, 0.3) is 0 Å². The molecule has 0 unspecified atom stereocenters. The van der Waals surface area contributed by atoms with Gasteiger partial charge in [0.05, 0.1) is 12.1 Å². The van der Waals surface area contributed by atoms with Crippen LogP contribution in [0.2, 0.25) is 0 Å². The number of rotatable bonds is 2. The highest BCUT2D eigenvalue weighted by Crippen LogP contribution is 2.34. The van der Waals surface area contributed by atoms with Crippen LogP contribution in [0.5, 0.6) is 0 Å². The van der Waals surface area contributed by atoms with Gasteiger partial charge < -0.3 is 10.5 Å². The second-order valence-electron chi connectivity index (χ2n) is 2.96. The second-order valence-corrected chi connectivity index (χ2v) is 2.96. The van der Waals surface area contributed by atoms with Crippen LogP contribution in [-0.4, -0.2) is 33.4 Å². The van der Waals surface area contributed by atoms with E-state index in [1.54, 1.807) is 11.8 Å². The van der Waals surface area contributed by atoms with Gasteiger partial charge in [0, 0.05) is 7.11 Å². The van der Waals surface area contributed by atoms with E-state index in [9.17, 15) is 0 Å². The lowest BCUT2D eigenvalue weighted by molar-refractivity contribution is 0.00266. The lowest BCUT2D eigenvalue weighted by Gasteiger charge is -2.33. The van der Waals surface area contributed by atoms with E-state index in [1.165, 1.54) is 0 Å². The van der Waals surface area contributed by atoms with Crippen LogP contribution in [0.15, 0.2) is 0 Å². The maximum atomic E-state index is 5.52. The van der Waals surface area contributed by atoms with E-state index in [4.69, 9.17) is 10.5 Å². The average molecular weight is 169 g/mol. The number of hydrogen-bond acceptors (Lipinski definition) is 5. The molecule has 0 amide bonds. The first-order chi connectivity index (χ1) is 5.81. The van der Waals surface area contributed by atoms with Gasteiger partial charge in [-0.1, -0.05) is 5.10 Å². The number of nitrogens with two attached hydrogens (primary N) is 1. The second kappa shape index (κ2) is 2.71. The lowest BCUT2D eigenvalue weighted by Crippen LogP contribution is -2.33. The Morgan fingerprint density at radius 2 is 2.33 bits per heavy atom. The summed E-state index contributed by atoms with van der Waals surface area (Å²) >= 11 is 0. The van der Waals surface area contributed by atoms with Crippen molar-refractivity contribution in [2.24, 2.45) is 0 Å². The summed E-state index contributed by atoms with van der Waals surface area (Å²) in [6.07, 6.45) is 2.25. The molecule has 2 N–H and O–H groups in total. The molecule has 1 fully saturated rings. The zero-order valence-electron chi connectivity index (χ0n) is 6.84. The summed E-state index contributed by atoms with van der Waals surface area (Å²) in [5.41, 5.74) is 5.52. The third kappa shape index (κ3) is 1.04. The standard InChI is InChI=1S/C6H11N5O/c1-12-5-2-4(3-5)11-6(7)8-9-10-11/h4-5H,2-3H2,1H3,(H2,7,8,10). The Morgan fingerprint density at radius 1 is 1.58 bits per heavy atom. The molecule has 12 heavy (non-hydrogen) atoms. The summed E-state index contributed by atoms with van der Waals surface area (Å²) in [5.74, 6) is 0.384. The van der Waals surface area contributed by atoms with Crippen LogP contribution in [-0.2, 0) is 4.74 Å². The van der Waals surface area contributed by atoms with Crippen molar-refractivity contribution < 1.29 is 4.74 Å². The number of ether oxygens (including phenoxy) is 1. The maximum Gasteiger partial charge on any atom is 0.240 e. The Bertz CT molecular complexity index is 267. The number of aromatic nitrogens is 4. The summed E-state index contributed by atoms with van der Waals surface area (Å²) < 4.78 is 6.78. The predicted molar refractivity (Wildman–Crippen MR) is 41.3 cm³/mol. The molecule has 6 heteroatoms. The van der Waals surface area contributed by atoms with Gasteiger partial charge in [-0.2, -0.15) is 0 Å². The van der Waals surface area contributed by atoms with Crippen LogP contribution in [0.4, 0.5) is 5.95 Å². The van der Waals surface area contributed by atoms with Gasteiger partial charge in [-0.25, -0.2) is 4.68 Å². The zero-order chi connectivity index (χ0) is 8.55. The smallest absolute Gasteiger partial charge is 0.240 e. The van der Waals surface area contributed by atoms with Crippen molar-refractivity contribution >= 4 is 5.95 Å². The van der Waals surface area contributed by atoms with Gasteiger partial charge in [-0.3, -0.25) is 0 Å². The maximum absolute atomic E-state index is 5.52.